The highest BCUT2D eigenvalue weighted by molar-refractivity contribution is 7.99. The second-order valence-corrected chi connectivity index (χ2v) is 6.14. The lowest BCUT2D eigenvalue weighted by Gasteiger charge is -2.07. The molecule has 118 valence electrons. The fourth-order valence-electron chi connectivity index (χ4n) is 2.02. The van der Waals surface area contributed by atoms with Crippen molar-refractivity contribution >= 4 is 35.0 Å². The fourth-order valence-corrected chi connectivity index (χ4v) is 2.97. The number of anilines is 1. The van der Waals surface area contributed by atoms with E-state index in [2.05, 4.69) is 10.3 Å². The molecule has 0 saturated heterocycles. The van der Waals surface area contributed by atoms with Crippen molar-refractivity contribution in [2.24, 2.45) is 0 Å². The lowest BCUT2D eigenvalue weighted by atomic mass is 10.3. The summed E-state index contributed by atoms with van der Waals surface area (Å²) in [7, 11) is 0. The van der Waals surface area contributed by atoms with Crippen LogP contribution < -0.4 is 5.32 Å². The molecule has 0 unspecified atom stereocenters. The van der Waals surface area contributed by atoms with E-state index < -0.39 is 0 Å². The smallest absolute Gasteiger partial charge is 0.234 e. The maximum Gasteiger partial charge on any atom is 0.234 e. The number of nitrogens with one attached hydrogen (secondary N) is 1. The molecule has 0 bridgehead atoms. The van der Waals surface area contributed by atoms with E-state index in [0.717, 1.165) is 10.9 Å². The highest BCUT2D eigenvalue weighted by atomic mass is 35.5. The van der Waals surface area contributed by atoms with Crippen LogP contribution in [-0.2, 0) is 11.3 Å². The Morgan fingerprint density at radius 1 is 1.35 bits per heavy atom. The predicted octanol–water partition coefficient (Wildman–Crippen LogP) is 3.91. The molecule has 1 aromatic carbocycles. The number of aromatic nitrogens is 2. The third-order valence-corrected chi connectivity index (χ3v) is 4.26. The lowest BCUT2D eigenvalue weighted by Crippen LogP contribution is -2.14. The van der Waals surface area contributed by atoms with Crippen LogP contribution in [0.4, 0.5) is 5.69 Å². The van der Waals surface area contributed by atoms with Gasteiger partial charge in [-0.05, 0) is 30.3 Å². The van der Waals surface area contributed by atoms with Crippen molar-refractivity contribution < 1.29 is 9.21 Å². The molecular formula is C16H14ClN3O2S. The summed E-state index contributed by atoms with van der Waals surface area (Å²) >= 11 is 7.27. The van der Waals surface area contributed by atoms with E-state index in [9.17, 15) is 4.79 Å². The van der Waals surface area contributed by atoms with E-state index in [1.807, 2.05) is 22.9 Å². The van der Waals surface area contributed by atoms with Crippen molar-refractivity contribution in [1.29, 1.82) is 0 Å². The molecule has 2 heterocycles. The van der Waals surface area contributed by atoms with Crippen LogP contribution in [0.1, 0.15) is 5.76 Å². The average Bonchev–Trinajstić information content (AvgIpc) is 3.18. The van der Waals surface area contributed by atoms with Gasteiger partial charge in [-0.2, -0.15) is 0 Å². The first-order valence-corrected chi connectivity index (χ1v) is 8.29. The van der Waals surface area contributed by atoms with Crippen LogP contribution in [0.25, 0.3) is 0 Å². The Balaban J connectivity index is 1.56. The molecule has 0 fully saturated rings. The largest absolute Gasteiger partial charge is 0.467 e. The van der Waals surface area contributed by atoms with E-state index in [1.165, 1.54) is 11.8 Å². The Kier molecular flexibility index (Phi) is 5.05. The van der Waals surface area contributed by atoms with Gasteiger partial charge in [-0.25, -0.2) is 4.98 Å². The van der Waals surface area contributed by atoms with Crippen molar-refractivity contribution in [2.45, 2.75) is 11.7 Å². The van der Waals surface area contributed by atoms with Gasteiger partial charge in [0.2, 0.25) is 5.91 Å². The average molecular weight is 348 g/mol. The molecule has 0 atom stereocenters. The Morgan fingerprint density at radius 2 is 2.26 bits per heavy atom. The molecule has 5 nitrogen and oxygen atoms in total. The van der Waals surface area contributed by atoms with E-state index in [4.69, 9.17) is 16.0 Å². The normalized spacial score (nSPS) is 10.7. The summed E-state index contributed by atoms with van der Waals surface area (Å²) in [5.41, 5.74) is 0.682. The van der Waals surface area contributed by atoms with Crippen LogP contribution in [0.3, 0.4) is 0 Å². The molecule has 7 heteroatoms. The number of halogens is 1. The minimum absolute atomic E-state index is 0.107. The summed E-state index contributed by atoms with van der Waals surface area (Å²) in [6.45, 7) is 0.589. The molecule has 3 rings (SSSR count). The van der Waals surface area contributed by atoms with Crippen LogP contribution in [0.15, 0.2) is 64.6 Å². The first kappa shape index (κ1) is 15.7. The minimum Gasteiger partial charge on any atom is -0.467 e. The second kappa shape index (κ2) is 7.39. The van der Waals surface area contributed by atoms with Gasteiger partial charge in [-0.15, -0.1) is 0 Å². The minimum atomic E-state index is -0.107. The van der Waals surface area contributed by atoms with E-state index in [-0.39, 0.29) is 11.7 Å². The standard InChI is InChI=1S/C16H14ClN3O2S/c17-12-3-1-4-13(9-12)19-15(21)11-23-16-18-6-7-20(16)10-14-5-2-8-22-14/h1-9H,10-11H2,(H,19,21). The highest BCUT2D eigenvalue weighted by Gasteiger charge is 2.09. The van der Waals surface area contributed by atoms with Crippen molar-refractivity contribution in [3.63, 3.8) is 0 Å². The number of hydrogen-bond donors (Lipinski definition) is 1. The van der Waals surface area contributed by atoms with Crippen LogP contribution >= 0.6 is 23.4 Å². The van der Waals surface area contributed by atoms with Gasteiger partial charge in [0.25, 0.3) is 0 Å². The maximum absolute atomic E-state index is 12.0. The maximum atomic E-state index is 12.0. The first-order chi connectivity index (χ1) is 11.2. The number of furan rings is 1. The Hall–Kier alpha value is -2.18. The van der Waals surface area contributed by atoms with Gasteiger partial charge in [-0.3, -0.25) is 4.79 Å². The molecule has 0 aliphatic carbocycles. The zero-order chi connectivity index (χ0) is 16.1. The lowest BCUT2D eigenvalue weighted by molar-refractivity contribution is -0.113. The van der Waals surface area contributed by atoms with Gasteiger partial charge in [0, 0.05) is 23.1 Å². The number of hydrogen-bond acceptors (Lipinski definition) is 4. The molecule has 1 N–H and O–H groups in total. The Morgan fingerprint density at radius 3 is 3.04 bits per heavy atom. The second-order valence-electron chi connectivity index (χ2n) is 4.76. The fraction of sp³-hybridized carbons (Fsp3) is 0.125. The molecule has 0 aliphatic heterocycles. The van der Waals surface area contributed by atoms with Crippen LogP contribution in [0.2, 0.25) is 5.02 Å². The van der Waals surface area contributed by atoms with Crippen molar-refractivity contribution in [3.05, 3.63) is 65.8 Å². The molecule has 0 saturated carbocycles. The molecule has 3 aromatic rings. The summed E-state index contributed by atoms with van der Waals surface area (Å²) in [6, 6.07) is 10.8. The summed E-state index contributed by atoms with van der Waals surface area (Å²) in [5.74, 6) is 1.000. The Bertz CT molecular complexity index is 786. The SMILES string of the molecule is O=C(CSc1nccn1Cc1ccco1)Nc1cccc(Cl)c1. The van der Waals surface area contributed by atoms with Crippen molar-refractivity contribution in [2.75, 3.05) is 11.1 Å². The first-order valence-electron chi connectivity index (χ1n) is 6.92. The molecule has 23 heavy (non-hydrogen) atoms. The number of carbonyl (C=O) groups is 1. The molecule has 0 aliphatic rings. The van der Waals surface area contributed by atoms with Crippen LogP contribution in [0, 0.1) is 0 Å². The summed E-state index contributed by atoms with van der Waals surface area (Å²) < 4.78 is 7.27. The number of benzene rings is 1. The summed E-state index contributed by atoms with van der Waals surface area (Å²) in [4.78, 5) is 16.3. The molecule has 0 radical (unpaired) electrons. The number of amides is 1. The van der Waals surface area contributed by atoms with E-state index >= 15 is 0 Å². The number of carbonyl (C=O) groups excluding carboxylic acids is 1. The third-order valence-electron chi connectivity index (χ3n) is 3.02. The van der Waals surface area contributed by atoms with Crippen molar-refractivity contribution in [1.82, 2.24) is 9.55 Å². The van der Waals surface area contributed by atoms with Gasteiger partial charge >= 0.3 is 0 Å². The van der Waals surface area contributed by atoms with Crippen molar-refractivity contribution in [3.8, 4) is 0 Å². The van der Waals surface area contributed by atoms with Gasteiger partial charge in [0.05, 0.1) is 18.6 Å². The zero-order valence-corrected chi connectivity index (χ0v) is 13.7. The number of rotatable bonds is 6. The predicted molar refractivity (Wildman–Crippen MR) is 90.8 cm³/mol. The van der Waals surface area contributed by atoms with E-state index in [0.29, 0.717) is 17.3 Å². The number of thioether (sulfide) groups is 1. The van der Waals surface area contributed by atoms with Crippen LogP contribution in [0.5, 0.6) is 0 Å². The summed E-state index contributed by atoms with van der Waals surface area (Å²) in [5, 5.41) is 4.16. The third kappa shape index (κ3) is 4.40. The van der Waals surface area contributed by atoms with Gasteiger partial charge in [0.1, 0.15) is 5.76 Å². The molecule has 1 amide bonds. The molecule has 0 spiro atoms. The van der Waals surface area contributed by atoms with Gasteiger partial charge in [0.15, 0.2) is 5.16 Å². The van der Waals surface area contributed by atoms with E-state index in [1.54, 1.807) is 36.7 Å². The quantitative estimate of drug-likeness (QED) is 0.687. The molecular weight excluding hydrogens is 334 g/mol. The highest BCUT2D eigenvalue weighted by Crippen LogP contribution is 2.19. The topological polar surface area (TPSA) is 60.1 Å². The van der Waals surface area contributed by atoms with Crippen LogP contribution in [-0.4, -0.2) is 21.2 Å². The number of imidazole rings is 1. The Labute approximate surface area is 142 Å². The van der Waals surface area contributed by atoms with Gasteiger partial charge in [-0.1, -0.05) is 29.4 Å². The summed E-state index contributed by atoms with van der Waals surface area (Å²) in [6.07, 6.45) is 5.21. The van der Waals surface area contributed by atoms with Gasteiger partial charge < -0.3 is 14.3 Å². The zero-order valence-electron chi connectivity index (χ0n) is 12.1. The number of nitrogens with zero attached hydrogens (tertiary/aromatic N) is 2. The molecule has 2 aromatic heterocycles. The monoisotopic (exact) mass is 347 g/mol.